The van der Waals surface area contributed by atoms with Gasteiger partial charge in [0.1, 0.15) is 0 Å². The van der Waals surface area contributed by atoms with Gasteiger partial charge in [-0.15, -0.1) is 0 Å². The molecule has 0 aliphatic carbocycles. The Kier molecular flexibility index (Phi) is 6.47. The van der Waals surface area contributed by atoms with E-state index < -0.39 is 0 Å². The summed E-state index contributed by atoms with van der Waals surface area (Å²) >= 11 is 5.93. The number of morpholine rings is 1. The largest absolute Gasteiger partial charge is 0.379 e. The average molecular weight is 426 g/mol. The molecule has 3 aromatic rings. The fourth-order valence-electron chi connectivity index (χ4n) is 3.55. The molecule has 1 saturated heterocycles. The van der Waals surface area contributed by atoms with Crippen molar-refractivity contribution >= 4 is 17.5 Å². The zero-order valence-electron chi connectivity index (χ0n) is 16.8. The van der Waals surface area contributed by atoms with Crippen molar-refractivity contribution in [2.75, 3.05) is 32.8 Å². The van der Waals surface area contributed by atoms with Crippen LogP contribution in [0.4, 0.5) is 0 Å². The van der Waals surface area contributed by atoms with Crippen molar-refractivity contribution in [2.45, 2.75) is 13.0 Å². The van der Waals surface area contributed by atoms with Gasteiger partial charge in [0.05, 0.1) is 19.3 Å². The van der Waals surface area contributed by atoms with Gasteiger partial charge in [-0.2, -0.15) is 0 Å². The monoisotopic (exact) mass is 425 g/mol. The highest BCUT2D eigenvalue weighted by Gasteiger charge is 2.24. The van der Waals surface area contributed by atoms with Crippen LogP contribution in [0.5, 0.6) is 0 Å². The Morgan fingerprint density at radius 2 is 1.83 bits per heavy atom. The second kappa shape index (κ2) is 9.43. The first-order valence-electron chi connectivity index (χ1n) is 9.99. The second-order valence-corrected chi connectivity index (χ2v) is 7.80. The average Bonchev–Trinajstić information content (AvgIpc) is 3.27. The van der Waals surface area contributed by atoms with Crippen LogP contribution in [0.2, 0.25) is 5.02 Å². The number of aryl methyl sites for hydroxylation is 1. The van der Waals surface area contributed by atoms with Gasteiger partial charge in [0.2, 0.25) is 0 Å². The molecule has 0 radical (unpaired) electrons. The van der Waals surface area contributed by atoms with E-state index in [0.717, 1.165) is 18.7 Å². The second-order valence-electron chi connectivity index (χ2n) is 7.37. The van der Waals surface area contributed by atoms with Crippen molar-refractivity contribution in [3.8, 4) is 11.3 Å². The lowest BCUT2D eigenvalue weighted by Crippen LogP contribution is -2.43. The minimum absolute atomic E-state index is 0.0705. The Hall–Kier alpha value is -2.67. The number of halogens is 1. The van der Waals surface area contributed by atoms with Crippen LogP contribution in [0.15, 0.2) is 59.1 Å². The van der Waals surface area contributed by atoms with Crippen LogP contribution in [-0.2, 0) is 4.74 Å². The summed E-state index contributed by atoms with van der Waals surface area (Å²) in [5.74, 6) is 0.268. The number of carbonyl (C=O) groups excluding carboxylic acids is 1. The van der Waals surface area contributed by atoms with Crippen LogP contribution in [0.3, 0.4) is 0 Å². The van der Waals surface area contributed by atoms with E-state index in [1.54, 1.807) is 18.2 Å². The number of amides is 1. The number of nitrogens with one attached hydrogen (secondary N) is 1. The summed E-state index contributed by atoms with van der Waals surface area (Å²) in [6.07, 6.45) is 0. The fraction of sp³-hybridized carbons (Fsp3) is 0.304. The molecule has 2 aromatic carbocycles. The third kappa shape index (κ3) is 4.90. The van der Waals surface area contributed by atoms with Gasteiger partial charge in [-0.25, -0.2) is 0 Å². The number of rotatable bonds is 6. The summed E-state index contributed by atoms with van der Waals surface area (Å²) in [4.78, 5) is 15.1. The molecule has 0 unspecified atom stereocenters. The number of hydrogen-bond donors (Lipinski definition) is 1. The molecule has 1 amide bonds. The molecule has 1 atom stereocenters. The Bertz CT molecular complexity index is 980. The molecule has 0 bridgehead atoms. The van der Waals surface area contributed by atoms with Gasteiger partial charge in [-0.05, 0) is 36.8 Å². The van der Waals surface area contributed by atoms with Crippen LogP contribution < -0.4 is 5.32 Å². The fourth-order valence-corrected chi connectivity index (χ4v) is 3.67. The van der Waals surface area contributed by atoms with Crippen molar-refractivity contribution in [3.63, 3.8) is 0 Å². The van der Waals surface area contributed by atoms with Crippen molar-refractivity contribution < 1.29 is 14.1 Å². The number of hydrogen-bond acceptors (Lipinski definition) is 5. The van der Waals surface area contributed by atoms with Gasteiger partial charge in [0, 0.05) is 36.3 Å². The third-order valence-electron chi connectivity index (χ3n) is 5.28. The topological polar surface area (TPSA) is 67.6 Å². The summed E-state index contributed by atoms with van der Waals surface area (Å²) in [6.45, 7) is 5.61. The van der Waals surface area contributed by atoms with Crippen molar-refractivity contribution in [2.24, 2.45) is 0 Å². The maximum Gasteiger partial charge on any atom is 0.273 e. The highest BCUT2D eigenvalue weighted by atomic mass is 35.5. The number of carbonyl (C=O) groups is 1. The Balaban J connectivity index is 1.45. The number of nitrogens with zero attached hydrogens (tertiary/aromatic N) is 2. The first kappa shape index (κ1) is 20.6. The zero-order chi connectivity index (χ0) is 20.9. The number of benzene rings is 2. The summed E-state index contributed by atoms with van der Waals surface area (Å²) in [5, 5.41) is 7.59. The molecule has 1 aliphatic heterocycles. The molecule has 6 nitrogen and oxygen atoms in total. The number of aromatic nitrogens is 1. The van der Waals surface area contributed by atoms with Crippen LogP contribution in [0.1, 0.15) is 27.7 Å². The van der Waals surface area contributed by atoms with Gasteiger partial charge in [-0.3, -0.25) is 9.69 Å². The van der Waals surface area contributed by atoms with Gasteiger partial charge in [0.25, 0.3) is 5.91 Å². The van der Waals surface area contributed by atoms with Gasteiger partial charge in [0.15, 0.2) is 11.5 Å². The lowest BCUT2D eigenvalue weighted by atomic mass is 10.0. The Morgan fingerprint density at radius 1 is 1.13 bits per heavy atom. The first-order valence-corrected chi connectivity index (χ1v) is 10.4. The van der Waals surface area contributed by atoms with Crippen LogP contribution in [0.25, 0.3) is 11.3 Å². The molecule has 0 saturated carbocycles. The molecule has 1 aliphatic rings. The molecule has 1 aromatic heterocycles. The molecule has 2 heterocycles. The quantitative estimate of drug-likeness (QED) is 0.643. The predicted octanol–water partition coefficient (Wildman–Crippen LogP) is 4.11. The van der Waals surface area contributed by atoms with Gasteiger partial charge in [-0.1, -0.05) is 46.6 Å². The smallest absolute Gasteiger partial charge is 0.273 e. The van der Waals surface area contributed by atoms with E-state index in [1.165, 1.54) is 11.1 Å². The van der Waals surface area contributed by atoms with E-state index in [4.69, 9.17) is 20.9 Å². The van der Waals surface area contributed by atoms with E-state index >= 15 is 0 Å². The predicted molar refractivity (Wildman–Crippen MR) is 116 cm³/mol. The zero-order valence-corrected chi connectivity index (χ0v) is 17.6. The lowest BCUT2D eigenvalue weighted by Gasteiger charge is -2.35. The summed E-state index contributed by atoms with van der Waals surface area (Å²) in [6, 6.07) is 17.4. The molecular weight excluding hydrogens is 402 g/mol. The normalized spacial score (nSPS) is 15.7. The molecule has 1 N–H and O–H groups in total. The molecule has 0 spiro atoms. The van der Waals surface area contributed by atoms with Crippen LogP contribution >= 0.6 is 11.6 Å². The van der Waals surface area contributed by atoms with Crippen molar-refractivity contribution in [3.05, 3.63) is 76.4 Å². The maximum atomic E-state index is 12.7. The summed E-state index contributed by atoms with van der Waals surface area (Å²) in [7, 11) is 0. The van der Waals surface area contributed by atoms with Crippen molar-refractivity contribution in [1.29, 1.82) is 0 Å². The lowest BCUT2D eigenvalue weighted by molar-refractivity contribution is 0.0162. The highest BCUT2D eigenvalue weighted by Crippen LogP contribution is 2.24. The van der Waals surface area contributed by atoms with Gasteiger partial charge >= 0.3 is 0 Å². The molecule has 4 rings (SSSR count). The van der Waals surface area contributed by atoms with Crippen LogP contribution in [0, 0.1) is 6.92 Å². The summed E-state index contributed by atoms with van der Waals surface area (Å²) < 4.78 is 10.8. The molecule has 7 heteroatoms. The minimum Gasteiger partial charge on any atom is -0.379 e. The van der Waals surface area contributed by atoms with E-state index in [2.05, 4.69) is 46.6 Å². The molecule has 30 heavy (non-hydrogen) atoms. The van der Waals surface area contributed by atoms with E-state index in [1.807, 2.05) is 12.1 Å². The van der Waals surface area contributed by atoms with Crippen LogP contribution in [-0.4, -0.2) is 48.8 Å². The van der Waals surface area contributed by atoms with E-state index in [0.29, 0.717) is 30.5 Å². The molecule has 1 fully saturated rings. The Morgan fingerprint density at radius 3 is 2.53 bits per heavy atom. The van der Waals surface area contributed by atoms with E-state index in [9.17, 15) is 4.79 Å². The van der Waals surface area contributed by atoms with Gasteiger partial charge < -0.3 is 14.6 Å². The number of ether oxygens (including phenoxy) is 1. The standard InChI is InChI=1S/C23H24ClN3O3/c1-16-2-4-17(5-3-16)21(27-10-12-29-13-11-27)15-25-23(28)20-14-22(30-26-20)18-6-8-19(24)9-7-18/h2-9,14,21H,10-13,15H2,1H3,(H,25,28)/t21-/m0/s1. The SMILES string of the molecule is Cc1ccc([C@H](CNC(=O)c2cc(-c3ccc(Cl)cc3)on2)N2CCOCC2)cc1. The van der Waals surface area contributed by atoms with Crippen molar-refractivity contribution in [1.82, 2.24) is 15.4 Å². The third-order valence-corrected chi connectivity index (χ3v) is 5.53. The molecule has 156 valence electrons. The first-order chi connectivity index (χ1) is 14.6. The van der Waals surface area contributed by atoms with E-state index in [-0.39, 0.29) is 17.6 Å². The summed E-state index contributed by atoms with van der Waals surface area (Å²) in [5.41, 5.74) is 3.45. The Labute approximate surface area is 180 Å². The molecular formula is C23H24ClN3O3. The maximum absolute atomic E-state index is 12.7. The highest BCUT2D eigenvalue weighted by molar-refractivity contribution is 6.30. The minimum atomic E-state index is -0.260.